The van der Waals surface area contributed by atoms with Crippen LogP contribution in [0.1, 0.15) is 19.3 Å². The predicted molar refractivity (Wildman–Crippen MR) is 45.7 cm³/mol. The first kappa shape index (κ1) is 12.1. The number of amides is 1. The van der Waals surface area contributed by atoms with Crippen molar-refractivity contribution in [2.45, 2.75) is 19.3 Å². The van der Waals surface area contributed by atoms with Crippen LogP contribution in [0.5, 0.6) is 0 Å². The average molecular weight is 189 g/mol. The van der Waals surface area contributed by atoms with Gasteiger partial charge in [-0.2, -0.15) is 0 Å². The Morgan fingerprint density at radius 3 is 1.92 bits per heavy atom. The molecule has 0 radical (unpaired) electrons. The van der Waals surface area contributed by atoms with E-state index in [4.69, 9.17) is 15.9 Å². The van der Waals surface area contributed by atoms with Gasteiger partial charge in [-0.3, -0.25) is 9.59 Å². The zero-order chi connectivity index (χ0) is 10.3. The summed E-state index contributed by atoms with van der Waals surface area (Å²) in [5, 5.41) is 17.2. The first-order valence-corrected chi connectivity index (χ1v) is 4.14. The number of hydrogen-bond acceptors (Lipinski definition) is 4. The minimum Gasteiger partial charge on any atom is -0.396 e. The summed E-state index contributed by atoms with van der Waals surface area (Å²) in [7, 11) is 0. The second-order valence-electron chi connectivity index (χ2n) is 2.83. The van der Waals surface area contributed by atoms with E-state index in [-0.39, 0.29) is 38.3 Å². The number of rotatable bonds is 7. The van der Waals surface area contributed by atoms with Crippen molar-refractivity contribution in [1.82, 2.24) is 0 Å². The molecule has 0 heterocycles. The highest BCUT2D eigenvalue weighted by Gasteiger charge is 2.18. The summed E-state index contributed by atoms with van der Waals surface area (Å²) in [6.45, 7) is -0.260. The van der Waals surface area contributed by atoms with E-state index in [1.807, 2.05) is 0 Å². The van der Waals surface area contributed by atoms with Crippen LogP contribution in [0, 0.1) is 5.92 Å². The first-order valence-electron chi connectivity index (χ1n) is 4.14. The van der Waals surface area contributed by atoms with Crippen molar-refractivity contribution < 1.29 is 19.8 Å². The minimum atomic E-state index is -0.675. The maximum absolute atomic E-state index is 11.2. The number of primary amides is 1. The summed E-state index contributed by atoms with van der Waals surface area (Å²) in [4.78, 5) is 21.6. The van der Waals surface area contributed by atoms with E-state index in [1.165, 1.54) is 0 Å². The molecule has 0 atom stereocenters. The van der Waals surface area contributed by atoms with Crippen molar-refractivity contribution in [2.75, 3.05) is 13.2 Å². The lowest BCUT2D eigenvalue weighted by molar-refractivity contribution is -0.129. The molecular weight excluding hydrogens is 174 g/mol. The molecule has 0 aromatic heterocycles. The van der Waals surface area contributed by atoms with Crippen molar-refractivity contribution in [1.29, 1.82) is 0 Å². The van der Waals surface area contributed by atoms with Crippen LogP contribution in [0.25, 0.3) is 0 Å². The van der Waals surface area contributed by atoms with E-state index in [2.05, 4.69) is 0 Å². The molecule has 5 nitrogen and oxygen atoms in total. The molecule has 13 heavy (non-hydrogen) atoms. The molecule has 0 aliphatic heterocycles. The Balaban J connectivity index is 4.02. The summed E-state index contributed by atoms with van der Waals surface area (Å²) in [5.41, 5.74) is 4.84. The van der Waals surface area contributed by atoms with E-state index in [9.17, 15) is 9.59 Å². The van der Waals surface area contributed by atoms with Gasteiger partial charge in [-0.05, 0) is 12.8 Å². The fourth-order valence-electron chi connectivity index (χ4n) is 1.09. The molecule has 0 saturated heterocycles. The number of ketones is 1. The molecule has 0 unspecified atom stereocenters. The molecule has 0 bridgehead atoms. The van der Waals surface area contributed by atoms with Gasteiger partial charge in [0.2, 0.25) is 5.91 Å². The quantitative estimate of drug-likeness (QED) is 0.438. The highest BCUT2D eigenvalue weighted by molar-refractivity contribution is 5.98. The molecule has 4 N–H and O–H groups in total. The number of carbonyl (C=O) groups is 2. The van der Waals surface area contributed by atoms with E-state index >= 15 is 0 Å². The van der Waals surface area contributed by atoms with E-state index < -0.39 is 11.8 Å². The van der Waals surface area contributed by atoms with Crippen molar-refractivity contribution in [2.24, 2.45) is 11.7 Å². The summed E-state index contributed by atoms with van der Waals surface area (Å²) >= 11 is 0. The van der Waals surface area contributed by atoms with E-state index in [0.717, 1.165) is 0 Å². The van der Waals surface area contributed by atoms with Crippen molar-refractivity contribution >= 4 is 11.7 Å². The summed E-state index contributed by atoms with van der Waals surface area (Å²) in [5.74, 6) is -1.44. The second kappa shape index (κ2) is 6.56. The molecule has 0 saturated carbocycles. The maximum Gasteiger partial charge on any atom is 0.224 e. The minimum absolute atomic E-state index is 0.130. The Bertz CT molecular complexity index is 175. The number of hydrogen-bond donors (Lipinski definition) is 3. The second-order valence-corrected chi connectivity index (χ2v) is 2.83. The molecule has 0 aromatic carbocycles. The normalized spacial score (nSPS) is 10.4. The molecule has 76 valence electrons. The number of aliphatic hydroxyl groups excluding tert-OH is 2. The Morgan fingerprint density at radius 2 is 1.62 bits per heavy atom. The van der Waals surface area contributed by atoms with Gasteiger partial charge in [-0.1, -0.05) is 0 Å². The standard InChI is InChI=1S/C8H15NO4/c9-8(13)5-7(12)6(1-3-10)2-4-11/h6,10-11H,1-5H2,(H2,9,13). The molecular formula is C8H15NO4. The summed E-state index contributed by atoms with van der Waals surface area (Å²) in [6.07, 6.45) is 0.226. The largest absolute Gasteiger partial charge is 0.396 e. The van der Waals surface area contributed by atoms with Gasteiger partial charge in [0, 0.05) is 19.1 Å². The molecule has 5 heteroatoms. The molecule has 0 aromatic rings. The van der Waals surface area contributed by atoms with Gasteiger partial charge in [0.15, 0.2) is 0 Å². The summed E-state index contributed by atoms with van der Waals surface area (Å²) in [6, 6.07) is 0. The van der Waals surface area contributed by atoms with Crippen LogP contribution >= 0.6 is 0 Å². The van der Waals surface area contributed by atoms with Crippen LogP contribution in [0.2, 0.25) is 0 Å². The Hall–Kier alpha value is -0.940. The van der Waals surface area contributed by atoms with Crippen LogP contribution in [0.15, 0.2) is 0 Å². The fourth-order valence-corrected chi connectivity index (χ4v) is 1.09. The monoisotopic (exact) mass is 189 g/mol. The van der Waals surface area contributed by atoms with Crippen molar-refractivity contribution in [3.8, 4) is 0 Å². The predicted octanol–water partition coefficient (Wildman–Crippen LogP) is -1.19. The Labute approximate surface area is 76.5 Å². The van der Waals surface area contributed by atoms with Gasteiger partial charge < -0.3 is 15.9 Å². The fraction of sp³-hybridized carbons (Fsp3) is 0.750. The maximum atomic E-state index is 11.2. The van der Waals surface area contributed by atoms with Crippen LogP contribution in [-0.2, 0) is 9.59 Å². The molecule has 0 rings (SSSR count). The van der Waals surface area contributed by atoms with Crippen LogP contribution in [0.4, 0.5) is 0 Å². The van der Waals surface area contributed by atoms with Crippen LogP contribution in [-0.4, -0.2) is 35.1 Å². The molecule has 1 amide bonds. The molecule has 0 spiro atoms. The Morgan fingerprint density at radius 1 is 1.15 bits per heavy atom. The average Bonchev–Trinajstić information content (AvgIpc) is 2.02. The van der Waals surface area contributed by atoms with Gasteiger partial charge in [-0.25, -0.2) is 0 Å². The third kappa shape index (κ3) is 5.32. The topological polar surface area (TPSA) is 101 Å². The van der Waals surface area contributed by atoms with Gasteiger partial charge in [0.25, 0.3) is 0 Å². The van der Waals surface area contributed by atoms with Gasteiger partial charge in [0.1, 0.15) is 5.78 Å². The van der Waals surface area contributed by atoms with E-state index in [0.29, 0.717) is 0 Å². The summed E-state index contributed by atoms with van der Waals surface area (Å²) < 4.78 is 0. The number of nitrogens with two attached hydrogens (primary N) is 1. The third-order valence-corrected chi connectivity index (χ3v) is 1.76. The molecule has 0 aliphatic carbocycles. The lowest BCUT2D eigenvalue weighted by Gasteiger charge is -2.11. The zero-order valence-corrected chi connectivity index (χ0v) is 7.40. The lowest BCUT2D eigenvalue weighted by atomic mass is 9.95. The van der Waals surface area contributed by atoms with Gasteiger partial charge >= 0.3 is 0 Å². The lowest BCUT2D eigenvalue weighted by Crippen LogP contribution is -2.24. The first-order chi connectivity index (χ1) is 6.11. The molecule has 0 aliphatic rings. The van der Waals surface area contributed by atoms with Crippen molar-refractivity contribution in [3.05, 3.63) is 0 Å². The zero-order valence-electron chi connectivity index (χ0n) is 7.40. The van der Waals surface area contributed by atoms with Crippen LogP contribution in [0.3, 0.4) is 0 Å². The number of carbonyl (C=O) groups excluding carboxylic acids is 2. The van der Waals surface area contributed by atoms with Crippen LogP contribution < -0.4 is 5.73 Å². The SMILES string of the molecule is NC(=O)CC(=O)C(CCO)CCO. The number of Topliss-reactive ketones (excluding diaryl/α,β-unsaturated/α-hetero) is 1. The third-order valence-electron chi connectivity index (χ3n) is 1.76. The highest BCUT2D eigenvalue weighted by Crippen LogP contribution is 2.10. The van der Waals surface area contributed by atoms with E-state index in [1.54, 1.807) is 0 Å². The smallest absolute Gasteiger partial charge is 0.224 e. The molecule has 0 fully saturated rings. The van der Waals surface area contributed by atoms with Crippen molar-refractivity contribution in [3.63, 3.8) is 0 Å². The number of aliphatic hydroxyl groups is 2. The highest BCUT2D eigenvalue weighted by atomic mass is 16.3. The Kier molecular flexibility index (Phi) is 6.09. The van der Waals surface area contributed by atoms with Gasteiger partial charge in [-0.15, -0.1) is 0 Å². The van der Waals surface area contributed by atoms with Gasteiger partial charge in [0.05, 0.1) is 6.42 Å².